The summed E-state index contributed by atoms with van der Waals surface area (Å²) >= 11 is 0. The predicted molar refractivity (Wildman–Crippen MR) is 82.5 cm³/mol. The van der Waals surface area contributed by atoms with E-state index in [1.807, 2.05) is 37.9 Å². The Morgan fingerprint density at radius 1 is 1.10 bits per heavy atom. The first-order chi connectivity index (χ1) is 9.93. The second kappa shape index (κ2) is 5.75. The first-order valence-electron chi connectivity index (χ1n) is 6.48. The minimum atomic E-state index is -0.506. The standard InChI is InChI=1S/C16H16N2O3/c1-11-4-6-15(12(2)8-11)17(3)16-7-5-14(18(20)21)9-13(16)10-19/h4-10H,1-3H3. The molecule has 2 rings (SSSR count). The van der Waals surface area contributed by atoms with Crippen molar-refractivity contribution < 1.29 is 9.72 Å². The van der Waals surface area contributed by atoms with Gasteiger partial charge in [-0.05, 0) is 31.5 Å². The van der Waals surface area contributed by atoms with E-state index in [0.717, 1.165) is 16.8 Å². The number of aryl methyl sites for hydroxylation is 2. The van der Waals surface area contributed by atoms with Crippen LogP contribution in [0.3, 0.4) is 0 Å². The molecule has 0 fully saturated rings. The van der Waals surface area contributed by atoms with Gasteiger partial charge in [-0.25, -0.2) is 0 Å². The Balaban J connectivity index is 2.50. The molecule has 21 heavy (non-hydrogen) atoms. The zero-order valence-electron chi connectivity index (χ0n) is 12.2. The van der Waals surface area contributed by atoms with E-state index in [2.05, 4.69) is 6.07 Å². The third-order valence-corrected chi connectivity index (χ3v) is 3.42. The molecule has 0 aliphatic carbocycles. The van der Waals surface area contributed by atoms with Crippen LogP contribution in [0.2, 0.25) is 0 Å². The van der Waals surface area contributed by atoms with Crippen LogP contribution in [0.25, 0.3) is 0 Å². The molecule has 0 N–H and O–H groups in total. The highest BCUT2D eigenvalue weighted by Gasteiger charge is 2.15. The Kier molecular flexibility index (Phi) is 4.03. The molecular weight excluding hydrogens is 268 g/mol. The van der Waals surface area contributed by atoms with Gasteiger partial charge in [0.25, 0.3) is 5.69 Å². The molecule has 0 unspecified atom stereocenters. The van der Waals surface area contributed by atoms with E-state index in [0.29, 0.717) is 17.5 Å². The molecule has 2 aromatic rings. The van der Waals surface area contributed by atoms with Crippen LogP contribution in [0.4, 0.5) is 17.1 Å². The SMILES string of the molecule is Cc1ccc(N(C)c2ccc([N+](=O)[O-])cc2C=O)c(C)c1. The molecule has 5 nitrogen and oxygen atoms in total. The Hall–Kier alpha value is -2.69. The molecule has 0 atom stereocenters. The summed E-state index contributed by atoms with van der Waals surface area (Å²) in [5.74, 6) is 0. The number of carbonyl (C=O) groups excluding carboxylic acids is 1. The molecule has 0 aliphatic rings. The van der Waals surface area contributed by atoms with E-state index in [1.54, 1.807) is 6.07 Å². The van der Waals surface area contributed by atoms with Gasteiger partial charge in [0.05, 0.1) is 10.6 Å². The van der Waals surface area contributed by atoms with Crippen LogP contribution >= 0.6 is 0 Å². The van der Waals surface area contributed by atoms with Crippen LogP contribution in [-0.2, 0) is 0 Å². The Labute approximate surface area is 123 Å². The Morgan fingerprint density at radius 3 is 2.33 bits per heavy atom. The summed E-state index contributed by atoms with van der Waals surface area (Å²) in [4.78, 5) is 23.4. The van der Waals surface area contributed by atoms with Gasteiger partial charge in [-0.3, -0.25) is 14.9 Å². The molecule has 0 aliphatic heterocycles. The Bertz CT molecular complexity index is 711. The van der Waals surface area contributed by atoms with Crippen molar-refractivity contribution in [3.05, 3.63) is 63.2 Å². The quantitative estimate of drug-likeness (QED) is 0.487. The van der Waals surface area contributed by atoms with E-state index in [1.165, 1.54) is 12.1 Å². The minimum absolute atomic E-state index is 0.0881. The maximum absolute atomic E-state index is 11.2. The Morgan fingerprint density at radius 2 is 1.76 bits per heavy atom. The lowest BCUT2D eigenvalue weighted by atomic mass is 10.1. The molecule has 0 saturated carbocycles. The maximum Gasteiger partial charge on any atom is 0.270 e. The second-order valence-corrected chi connectivity index (χ2v) is 4.97. The van der Waals surface area contributed by atoms with E-state index in [9.17, 15) is 14.9 Å². The van der Waals surface area contributed by atoms with Crippen LogP contribution in [0.5, 0.6) is 0 Å². The van der Waals surface area contributed by atoms with Crippen LogP contribution in [0, 0.1) is 24.0 Å². The molecular formula is C16H16N2O3. The average molecular weight is 284 g/mol. The fourth-order valence-corrected chi connectivity index (χ4v) is 2.37. The molecule has 0 bridgehead atoms. The third kappa shape index (κ3) is 2.91. The van der Waals surface area contributed by atoms with E-state index in [4.69, 9.17) is 0 Å². The number of nitro benzene ring substituents is 1. The number of rotatable bonds is 4. The van der Waals surface area contributed by atoms with Gasteiger partial charge in [0.1, 0.15) is 0 Å². The molecule has 0 spiro atoms. The van der Waals surface area contributed by atoms with E-state index >= 15 is 0 Å². The van der Waals surface area contributed by atoms with Gasteiger partial charge in [0.15, 0.2) is 6.29 Å². The summed E-state index contributed by atoms with van der Waals surface area (Å²) in [6.45, 7) is 4.00. The zero-order valence-corrected chi connectivity index (χ0v) is 12.2. The van der Waals surface area contributed by atoms with E-state index in [-0.39, 0.29) is 5.69 Å². The van der Waals surface area contributed by atoms with Gasteiger partial charge >= 0.3 is 0 Å². The molecule has 0 saturated heterocycles. The van der Waals surface area contributed by atoms with Gasteiger partial charge < -0.3 is 4.90 Å². The number of hydrogen-bond donors (Lipinski definition) is 0. The lowest BCUT2D eigenvalue weighted by Gasteiger charge is -2.23. The molecule has 108 valence electrons. The van der Waals surface area contributed by atoms with Crippen molar-refractivity contribution in [3.63, 3.8) is 0 Å². The molecule has 5 heteroatoms. The number of non-ortho nitro benzene ring substituents is 1. The number of aldehydes is 1. The minimum Gasteiger partial charge on any atom is -0.344 e. The van der Waals surface area contributed by atoms with Crippen molar-refractivity contribution in [1.29, 1.82) is 0 Å². The summed E-state index contributed by atoms with van der Waals surface area (Å²) in [7, 11) is 1.84. The fraction of sp³-hybridized carbons (Fsp3) is 0.188. The van der Waals surface area contributed by atoms with Crippen LogP contribution in [0.1, 0.15) is 21.5 Å². The van der Waals surface area contributed by atoms with Crippen LogP contribution in [-0.4, -0.2) is 18.3 Å². The number of hydrogen-bond acceptors (Lipinski definition) is 4. The number of anilines is 2. The fourth-order valence-electron chi connectivity index (χ4n) is 2.37. The molecule has 0 amide bonds. The number of benzene rings is 2. The first kappa shape index (κ1) is 14.7. The first-order valence-corrected chi connectivity index (χ1v) is 6.48. The smallest absolute Gasteiger partial charge is 0.270 e. The summed E-state index contributed by atoms with van der Waals surface area (Å²) in [5.41, 5.74) is 4.04. The molecule has 0 aromatic heterocycles. The number of carbonyl (C=O) groups is 1. The zero-order chi connectivity index (χ0) is 15.6. The topological polar surface area (TPSA) is 63.4 Å². The third-order valence-electron chi connectivity index (χ3n) is 3.42. The highest BCUT2D eigenvalue weighted by atomic mass is 16.6. The monoisotopic (exact) mass is 284 g/mol. The lowest BCUT2D eigenvalue weighted by molar-refractivity contribution is -0.384. The van der Waals surface area contributed by atoms with Gasteiger partial charge in [-0.2, -0.15) is 0 Å². The average Bonchev–Trinajstić information content (AvgIpc) is 2.45. The highest BCUT2D eigenvalue weighted by Crippen LogP contribution is 2.31. The predicted octanol–water partition coefficient (Wildman–Crippen LogP) is 3.79. The van der Waals surface area contributed by atoms with Gasteiger partial charge in [0, 0.05) is 30.4 Å². The highest BCUT2D eigenvalue weighted by molar-refractivity contribution is 5.88. The summed E-state index contributed by atoms with van der Waals surface area (Å²) in [6.07, 6.45) is 0.641. The van der Waals surface area contributed by atoms with Gasteiger partial charge in [-0.1, -0.05) is 17.7 Å². The van der Waals surface area contributed by atoms with Crippen molar-refractivity contribution in [2.24, 2.45) is 0 Å². The largest absolute Gasteiger partial charge is 0.344 e. The summed E-state index contributed by atoms with van der Waals surface area (Å²) in [5, 5.41) is 10.8. The van der Waals surface area contributed by atoms with Crippen molar-refractivity contribution in [1.82, 2.24) is 0 Å². The second-order valence-electron chi connectivity index (χ2n) is 4.97. The van der Waals surface area contributed by atoms with E-state index < -0.39 is 4.92 Å². The normalized spacial score (nSPS) is 10.2. The van der Waals surface area contributed by atoms with Gasteiger partial charge in [0.2, 0.25) is 0 Å². The van der Waals surface area contributed by atoms with Crippen LogP contribution < -0.4 is 4.90 Å². The number of nitro groups is 1. The summed E-state index contributed by atoms with van der Waals surface area (Å²) in [6, 6.07) is 10.3. The van der Waals surface area contributed by atoms with Gasteiger partial charge in [-0.15, -0.1) is 0 Å². The number of nitrogens with zero attached hydrogens (tertiary/aromatic N) is 2. The molecule has 2 aromatic carbocycles. The van der Waals surface area contributed by atoms with Crippen molar-refractivity contribution in [2.75, 3.05) is 11.9 Å². The molecule has 0 heterocycles. The summed E-state index contributed by atoms with van der Waals surface area (Å²) < 4.78 is 0. The van der Waals surface area contributed by atoms with Crippen LogP contribution in [0.15, 0.2) is 36.4 Å². The van der Waals surface area contributed by atoms with Crippen molar-refractivity contribution >= 4 is 23.3 Å². The van der Waals surface area contributed by atoms with Crippen molar-refractivity contribution in [2.45, 2.75) is 13.8 Å². The molecule has 0 radical (unpaired) electrons. The lowest BCUT2D eigenvalue weighted by Crippen LogP contribution is -2.13. The maximum atomic E-state index is 11.2. The van der Waals surface area contributed by atoms with Crippen molar-refractivity contribution in [3.8, 4) is 0 Å².